The first-order chi connectivity index (χ1) is 7.20. The maximum Gasteiger partial charge on any atom is 0.231 e. The van der Waals surface area contributed by atoms with Crippen LogP contribution >= 0.6 is 0 Å². The Morgan fingerprint density at radius 1 is 1.40 bits per heavy atom. The molecular weight excluding hydrogens is 197 g/mol. The molecule has 0 saturated heterocycles. The van der Waals surface area contributed by atoms with Crippen LogP contribution in [0.4, 0.5) is 10.1 Å². The Bertz CT molecular complexity index is 385. The maximum absolute atomic E-state index is 13.6. The van der Waals surface area contributed by atoms with E-state index in [-0.39, 0.29) is 18.0 Å². The van der Waals surface area contributed by atoms with Gasteiger partial charge in [-0.25, -0.2) is 9.24 Å². The fourth-order valence-electron chi connectivity index (χ4n) is 1.10. The van der Waals surface area contributed by atoms with Crippen LogP contribution in [0, 0.1) is 19.3 Å². The van der Waals surface area contributed by atoms with Crippen LogP contribution in [0.25, 0.3) is 4.85 Å². The van der Waals surface area contributed by atoms with Crippen molar-refractivity contribution < 1.29 is 13.9 Å². The van der Waals surface area contributed by atoms with Crippen molar-refractivity contribution in [3.63, 3.8) is 0 Å². The lowest BCUT2D eigenvalue weighted by molar-refractivity contribution is 0.144. The number of rotatable bonds is 4. The summed E-state index contributed by atoms with van der Waals surface area (Å²) >= 11 is 0. The lowest BCUT2D eigenvalue weighted by Gasteiger charge is -2.09. The smallest absolute Gasteiger partial charge is 0.231 e. The molecule has 3 nitrogen and oxygen atoms in total. The fourth-order valence-corrected chi connectivity index (χ4v) is 1.10. The predicted octanol–water partition coefficient (Wildman–Crippen LogP) is 2.71. The molecule has 1 aromatic carbocycles. The minimum Gasteiger partial charge on any atom is -0.499 e. The summed E-state index contributed by atoms with van der Waals surface area (Å²) < 4.78 is 23.5. The van der Waals surface area contributed by atoms with Crippen LogP contribution in [0.1, 0.15) is 5.56 Å². The normalized spacial score (nSPS) is 9.73. The van der Waals surface area contributed by atoms with Crippen molar-refractivity contribution in [1.29, 1.82) is 0 Å². The highest BCUT2D eigenvalue weighted by molar-refractivity contribution is 5.59. The Labute approximate surface area is 88.3 Å². The third-order valence-electron chi connectivity index (χ3n) is 1.92. The quantitative estimate of drug-likeness (QED) is 0.562. The minimum absolute atomic E-state index is 0.0158. The molecular formula is C11H12FNO2. The predicted molar refractivity (Wildman–Crippen MR) is 54.8 cm³/mol. The molecule has 0 aromatic heterocycles. The number of halogens is 1. The molecule has 0 atom stereocenters. The van der Waals surface area contributed by atoms with Crippen molar-refractivity contribution in [2.45, 2.75) is 6.92 Å². The van der Waals surface area contributed by atoms with Gasteiger partial charge in [0.2, 0.25) is 5.69 Å². The average molecular weight is 209 g/mol. The maximum atomic E-state index is 13.6. The number of benzene rings is 1. The second-order valence-corrected chi connectivity index (χ2v) is 3.00. The van der Waals surface area contributed by atoms with Crippen LogP contribution in [0.3, 0.4) is 0 Å². The molecule has 1 aromatic rings. The van der Waals surface area contributed by atoms with Crippen molar-refractivity contribution in [2.75, 3.05) is 20.3 Å². The molecule has 0 aliphatic heterocycles. The molecule has 0 heterocycles. The largest absolute Gasteiger partial charge is 0.499 e. The van der Waals surface area contributed by atoms with Crippen molar-refractivity contribution in [3.8, 4) is 5.75 Å². The Hall–Kier alpha value is -1.60. The second kappa shape index (κ2) is 5.32. The Morgan fingerprint density at radius 3 is 2.73 bits per heavy atom. The summed E-state index contributed by atoms with van der Waals surface area (Å²) in [6.07, 6.45) is 0. The van der Waals surface area contributed by atoms with Gasteiger partial charge in [-0.1, -0.05) is 12.1 Å². The Balaban J connectivity index is 2.93. The zero-order valence-electron chi connectivity index (χ0n) is 8.71. The highest BCUT2D eigenvalue weighted by atomic mass is 19.1. The van der Waals surface area contributed by atoms with E-state index in [1.54, 1.807) is 19.1 Å². The average Bonchev–Trinajstić information content (AvgIpc) is 2.25. The molecule has 15 heavy (non-hydrogen) atoms. The van der Waals surface area contributed by atoms with Crippen molar-refractivity contribution in [2.24, 2.45) is 0 Å². The topological polar surface area (TPSA) is 22.8 Å². The van der Waals surface area contributed by atoms with Gasteiger partial charge in [-0.2, -0.15) is 0 Å². The molecule has 0 unspecified atom stereocenters. The highest BCUT2D eigenvalue weighted by Crippen LogP contribution is 2.32. The van der Waals surface area contributed by atoms with Gasteiger partial charge in [0.1, 0.15) is 6.61 Å². The van der Waals surface area contributed by atoms with Gasteiger partial charge in [0, 0.05) is 7.11 Å². The number of ether oxygens (including phenoxy) is 2. The van der Waals surface area contributed by atoms with Gasteiger partial charge in [-0.05, 0) is 12.5 Å². The van der Waals surface area contributed by atoms with Gasteiger partial charge >= 0.3 is 0 Å². The molecule has 0 bridgehead atoms. The van der Waals surface area contributed by atoms with E-state index in [0.29, 0.717) is 12.2 Å². The van der Waals surface area contributed by atoms with Gasteiger partial charge in [-0.3, -0.25) is 0 Å². The molecule has 4 heteroatoms. The van der Waals surface area contributed by atoms with E-state index in [4.69, 9.17) is 16.0 Å². The summed E-state index contributed by atoms with van der Waals surface area (Å²) in [6.45, 7) is 9.11. The molecule has 0 saturated carbocycles. The number of hydrogen-bond acceptors (Lipinski definition) is 2. The van der Waals surface area contributed by atoms with Crippen molar-refractivity contribution in [3.05, 3.63) is 34.9 Å². The molecule has 0 N–H and O–H groups in total. The number of hydrogen-bond donors (Lipinski definition) is 0. The molecule has 0 fully saturated rings. The van der Waals surface area contributed by atoms with Gasteiger partial charge in [0.15, 0.2) is 11.6 Å². The van der Waals surface area contributed by atoms with Crippen molar-refractivity contribution >= 4 is 5.69 Å². The molecule has 0 spiro atoms. The van der Waals surface area contributed by atoms with E-state index in [1.165, 1.54) is 7.11 Å². The molecule has 80 valence electrons. The van der Waals surface area contributed by atoms with Crippen LogP contribution in [-0.4, -0.2) is 20.3 Å². The second-order valence-electron chi connectivity index (χ2n) is 3.00. The molecule has 0 aliphatic rings. The van der Waals surface area contributed by atoms with E-state index >= 15 is 0 Å². The van der Waals surface area contributed by atoms with Crippen LogP contribution in [0.15, 0.2) is 12.1 Å². The van der Waals surface area contributed by atoms with Crippen LogP contribution in [0.5, 0.6) is 5.75 Å². The first-order valence-corrected chi connectivity index (χ1v) is 4.49. The fraction of sp³-hybridized carbons (Fsp3) is 0.364. The Kier molecular flexibility index (Phi) is 4.07. The lowest BCUT2D eigenvalue weighted by Crippen LogP contribution is -2.06. The molecule has 0 radical (unpaired) electrons. The monoisotopic (exact) mass is 209 g/mol. The van der Waals surface area contributed by atoms with Gasteiger partial charge in [-0.15, -0.1) is 0 Å². The first-order valence-electron chi connectivity index (χ1n) is 4.49. The van der Waals surface area contributed by atoms with Crippen LogP contribution < -0.4 is 4.74 Å². The third kappa shape index (κ3) is 2.67. The summed E-state index contributed by atoms with van der Waals surface area (Å²) in [4.78, 5) is 3.20. The molecule has 0 aliphatic carbocycles. The van der Waals surface area contributed by atoms with Crippen LogP contribution in [0.2, 0.25) is 0 Å². The van der Waals surface area contributed by atoms with Gasteiger partial charge in [0.05, 0.1) is 13.2 Å². The van der Waals surface area contributed by atoms with E-state index < -0.39 is 5.82 Å². The summed E-state index contributed by atoms with van der Waals surface area (Å²) in [5.41, 5.74) is 0.656. The van der Waals surface area contributed by atoms with E-state index in [0.717, 1.165) is 0 Å². The third-order valence-corrected chi connectivity index (χ3v) is 1.92. The summed E-state index contributed by atoms with van der Waals surface area (Å²) in [5, 5.41) is 0. The zero-order valence-corrected chi connectivity index (χ0v) is 8.71. The van der Waals surface area contributed by atoms with E-state index in [1.807, 2.05) is 0 Å². The van der Waals surface area contributed by atoms with Gasteiger partial charge < -0.3 is 9.47 Å². The lowest BCUT2D eigenvalue weighted by atomic mass is 10.2. The Morgan fingerprint density at radius 2 is 2.13 bits per heavy atom. The van der Waals surface area contributed by atoms with E-state index in [2.05, 4.69) is 4.85 Å². The summed E-state index contributed by atoms with van der Waals surface area (Å²) in [7, 11) is 1.53. The van der Waals surface area contributed by atoms with Crippen LogP contribution in [-0.2, 0) is 4.74 Å². The highest BCUT2D eigenvalue weighted by Gasteiger charge is 2.12. The number of nitrogens with zero attached hydrogens (tertiary/aromatic N) is 1. The number of methoxy groups -OCH3 is 1. The standard InChI is InChI=1S/C11H12FNO2/c1-8-4-5-9(13-2)11(10(8)12)15-7-6-14-3/h4-5H,6-7H2,1,3H3. The molecule has 1 rings (SSSR count). The van der Waals surface area contributed by atoms with Crippen molar-refractivity contribution in [1.82, 2.24) is 0 Å². The zero-order chi connectivity index (χ0) is 11.3. The minimum atomic E-state index is -0.473. The number of aryl methyl sites for hydroxylation is 1. The first kappa shape index (κ1) is 11.5. The summed E-state index contributed by atoms with van der Waals surface area (Å²) in [6, 6.07) is 3.11. The van der Waals surface area contributed by atoms with E-state index in [9.17, 15) is 4.39 Å². The SMILES string of the molecule is [C-]#[N+]c1ccc(C)c(F)c1OCCOC. The summed E-state index contributed by atoms with van der Waals surface area (Å²) in [5.74, 6) is -0.457. The van der Waals surface area contributed by atoms with Gasteiger partial charge in [0.25, 0.3) is 0 Å². The molecule has 0 amide bonds.